The van der Waals surface area contributed by atoms with Crippen LogP contribution in [0.15, 0.2) is 58.4 Å². The van der Waals surface area contributed by atoms with E-state index < -0.39 is 5.54 Å². The lowest BCUT2D eigenvalue weighted by atomic mass is 9.74. The van der Waals surface area contributed by atoms with Gasteiger partial charge >= 0.3 is 0 Å². The van der Waals surface area contributed by atoms with Crippen molar-refractivity contribution >= 4 is 35.1 Å². The molecule has 1 aromatic carbocycles. The second-order valence-corrected chi connectivity index (χ2v) is 8.66. The number of hydrogen-bond acceptors (Lipinski definition) is 7. The van der Waals surface area contributed by atoms with Gasteiger partial charge in [-0.15, -0.1) is 10.2 Å². The highest BCUT2D eigenvalue weighted by molar-refractivity contribution is 7.99. The number of rotatable bonds is 6. The maximum Gasteiger partial charge on any atom is 0.277 e. The van der Waals surface area contributed by atoms with Crippen molar-refractivity contribution < 1.29 is 14.0 Å². The third-order valence-corrected chi connectivity index (χ3v) is 6.69. The van der Waals surface area contributed by atoms with Gasteiger partial charge in [0.1, 0.15) is 5.54 Å². The fourth-order valence-electron chi connectivity index (χ4n) is 3.94. The lowest BCUT2D eigenvalue weighted by molar-refractivity contribution is -0.146. The third kappa shape index (κ3) is 4.22. The van der Waals surface area contributed by atoms with Crippen LogP contribution < -0.4 is 0 Å². The molecule has 4 rings (SSSR count). The summed E-state index contributed by atoms with van der Waals surface area (Å²) >= 11 is 7.60. The zero-order valence-electron chi connectivity index (χ0n) is 17.0. The van der Waals surface area contributed by atoms with Crippen molar-refractivity contribution in [3.05, 3.63) is 59.4 Å². The van der Waals surface area contributed by atoms with Gasteiger partial charge < -0.3 is 9.32 Å². The summed E-state index contributed by atoms with van der Waals surface area (Å²) < 4.78 is 5.64. The number of aromatic nitrogens is 3. The van der Waals surface area contributed by atoms with Crippen LogP contribution in [0.25, 0.3) is 11.5 Å². The van der Waals surface area contributed by atoms with Crippen molar-refractivity contribution in [1.29, 1.82) is 0 Å². The summed E-state index contributed by atoms with van der Waals surface area (Å²) in [4.78, 5) is 31.9. The molecule has 1 aliphatic rings. The van der Waals surface area contributed by atoms with Crippen molar-refractivity contribution in [2.45, 2.75) is 36.4 Å². The van der Waals surface area contributed by atoms with Crippen LogP contribution in [0.2, 0.25) is 5.02 Å². The lowest BCUT2D eigenvalue weighted by Crippen LogP contribution is -2.54. The van der Waals surface area contributed by atoms with E-state index in [4.69, 9.17) is 16.0 Å². The van der Waals surface area contributed by atoms with Gasteiger partial charge in [-0.2, -0.15) is 0 Å². The molecule has 0 spiro atoms. The Bertz CT molecular complexity index is 1090. The minimum atomic E-state index is -1.05. The standard InChI is InChI=1S/C22H21ClN4O3S/c1-27(22(11-5-4-10-18(22)28)16-8-2-3-9-17(16)23)19(29)14-31-21-26-25-20(30-21)15-7-6-12-24-13-15/h2-3,6-9,12-13H,4-5,10-11,14H2,1H3. The van der Waals surface area contributed by atoms with Crippen LogP contribution in [-0.2, 0) is 15.1 Å². The Labute approximate surface area is 189 Å². The number of pyridine rings is 1. The number of carbonyl (C=O) groups is 2. The van der Waals surface area contributed by atoms with Gasteiger partial charge in [-0.05, 0) is 37.5 Å². The number of carbonyl (C=O) groups excluding carboxylic acids is 2. The molecule has 1 fully saturated rings. The van der Waals surface area contributed by atoms with Gasteiger partial charge in [-0.25, -0.2) is 0 Å². The Balaban J connectivity index is 1.52. The summed E-state index contributed by atoms with van der Waals surface area (Å²) in [5.41, 5.74) is 0.332. The van der Waals surface area contributed by atoms with Crippen LogP contribution >= 0.6 is 23.4 Å². The molecular formula is C22H21ClN4O3S. The predicted molar refractivity (Wildman–Crippen MR) is 118 cm³/mol. The highest BCUT2D eigenvalue weighted by Gasteiger charge is 2.47. The molecule has 0 bridgehead atoms. The number of hydrogen-bond donors (Lipinski definition) is 0. The number of halogens is 1. The molecular weight excluding hydrogens is 436 g/mol. The molecule has 0 aliphatic heterocycles. The van der Waals surface area contributed by atoms with E-state index in [-0.39, 0.29) is 22.7 Å². The maximum absolute atomic E-state index is 13.1. The lowest BCUT2D eigenvalue weighted by Gasteiger charge is -2.44. The Morgan fingerprint density at radius 3 is 2.81 bits per heavy atom. The SMILES string of the molecule is CN(C(=O)CSc1nnc(-c2cccnc2)o1)C1(c2ccccc2Cl)CCCCC1=O. The van der Waals surface area contributed by atoms with Gasteiger partial charge in [0.15, 0.2) is 5.78 Å². The summed E-state index contributed by atoms with van der Waals surface area (Å²) in [6.07, 6.45) is 5.93. The number of nitrogens with zero attached hydrogens (tertiary/aromatic N) is 4. The minimum absolute atomic E-state index is 0.0179. The van der Waals surface area contributed by atoms with Gasteiger partial charge in [0, 0.05) is 36.4 Å². The molecule has 0 radical (unpaired) electrons. The second-order valence-electron chi connectivity index (χ2n) is 7.33. The fourth-order valence-corrected chi connectivity index (χ4v) is 4.91. The first-order chi connectivity index (χ1) is 15.0. The summed E-state index contributed by atoms with van der Waals surface area (Å²) in [6, 6.07) is 10.8. The average Bonchev–Trinajstić information content (AvgIpc) is 3.28. The van der Waals surface area contributed by atoms with E-state index in [1.165, 1.54) is 0 Å². The van der Waals surface area contributed by atoms with E-state index in [0.717, 1.165) is 24.6 Å². The molecule has 7 nitrogen and oxygen atoms in total. The molecule has 1 atom stereocenters. The zero-order valence-corrected chi connectivity index (χ0v) is 18.5. The van der Waals surface area contributed by atoms with Crippen molar-refractivity contribution in [3.63, 3.8) is 0 Å². The zero-order chi connectivity index (χ0) is 21.8. The molecule has 31 heavy (non-hydrogen) atoms. The third-order valence-electron chi connectivity index (χ3n) is 5.55. The first kappa shape index (κ1) is 21.5. The smallest absolute Gasteiger partial charge is 0.277 e. The van der Waals surface area contributed by atoms with Crippen molar-refractivity contribution in [2.24, 2.45) is 0 Å². The van der Waals surface area contributed by atoms with Crippen LogP contribution in [0.3, 0.4) is 0 Å². The Kier molecular flexibility index (Phi) is 6.38. The van der Waals surface area contributed by atoms with E-state index in [1.54, 1.807) is 36.5 Å². The first-order valence-electron chi connectivity index (χ1n) is 9.94. The van der Waals surface area contributed by atoms with Crippen molar-refractivity contribution in [1.82, 2.24) is 20.1 Å². The Morgan fingerprint density at radius 2 is 2.06 bits per heavy atom. The Morgan fingerprint density at radius 1 is 1.23 bits per heavy atom. The normalized spacial score (nSPS) is 18.7. The first-order valence-corrected chi connectivity index (χ1v) is 11.3. The molecule has 0 saturated heterocycles. The summed E-state index contributed by atoms with van der Waals surface area (Å²) in [6.45, 7) is 0. The van der Waals surface area contributed by atoms with E-state index in [1.807, 2.05) is 24.3 Å². The van der Waals surface area contributed by atoms with E-state index in [2.05, 4.69) is 15.2 Å². The summed E-state index contributed by atoms with van der Waals surface area (Å²) in [5, 5.41) is 8.78. The molecule has 160 valence electrons. The van der Waals surface area contributed by atoms with Crippen molar-refractivity contribution in [2.75, 3.05) is 12.8 Å². The molecule has 1 amide bonds. The van der Waals surface area contributed by atoms with Gasteiger partial charge in [0.2, 0.25) is 11.8 Å². The highest BCUT2D eigenvalue weighted by Crippen LogP contribution is 2.42. The van der Waals surface area contributed by atoms with Gasteiger partial charge in [-0.1, -0.05) is 41.6 Å². The number of thioether (sulfide) groups is 1. The molecule has 2 aromatic heterocycles. The monoisotopic (exact) mass is 456 g/mol. The van der Waals surface area contributed by atoms with E-state index in [0.29, 0.717) is 34.9 Å². The molecule has 1 aliphatic carbocycles. The molecule has 1 saturated carbocycles. The number of Topliss-reactive ketones (excluding diaryl/α,β-unsaturated/α-hetero) is 1. The number of amides is 1. The van der Waals surface area contributed by atoms with Crippen molar-refractivity contribution in [3.8, 4) is 11.5 Å². The summed E-state index contributed by atoms with van der Waals surface area (Å²) in [7, 11) is 1.67. The molecule has 0 N–H and O–H groups in total. The van der Waals surface area contributed by atoms with Gasteiger partial charge in [-0.3, -0.25) is 14.6 Å². The Hall–Kier alpha value is -2.71. The van der Waals surface area contributed by atoms with E-state index >= 15 is 0 Å². The maximum atomic E-state index is 13.1. The van der Waals surface area contributed by atoms with Gasteiger partial charge in [0.25, 0.3) is 5.22 Å². The average molecular weight is 457 g/mol. The van der Waals surface area contributed by atoms with Crippen LogP contribution in [0.4, 0.5) is 0 Å². The molecule has 2 heterocycles. The highest BCUT2D eigenvalue weighted by atomic mass is 35.5. The van der Waals surface area contributed by atoms with Crippen LogP contribution in [0.1, 0.15) is 31.2 Å². The fraction of sp³-hybridized carbons (Fsp3) is 0.318. The van der Waals surface area contributed by atoms with Crippen LogP contribution in [-0.4, -0.2) is 44.6 Å². The second kappa shape index (κ2) is 9.20. The molecule has 3 aromatic rings. The van der Waals surface area contributed by atoms with Crippen LogP contribution in [0.5, 0.6) is 0 Å². The quantitative estimate of drug-likeness (QED) is 0.508. The van der Waals surface area contributed by atoms with E-state index in [9.17, 15) is 9.59 Å². The molecule has 9 heteroatoms. The predicted octanol–water partition coefficient (Wildman–Crippen LogP) is 4.37. The number of ketones is 1. The number of likely N-dealkylation sites (N-methyl/N-ethyl adjacent to an activating group) is 1. The largest absolute Gasteiger partial charge is 0.411 e. The summed E-state index contributed by atoms with van der Waals surface area (Å²) in [5.74, 6) is 0.210. The van der Waals surface area contributed by atoms with Gasteiger partial charge in [0.05, 0.1) is 11.3 Å². The van der Waals surface area contributed by atoms with Crippen LogP contribution in [0, 0.1) is 0 Å². The molecule has 1 unspecified atom stereocenters. The minimum Gasteiger partial charge on any atom is -0.411 e. The topological polar surface area (TPSA) is 89.2 Å². The number of benzene rings is 1.